The minimum absolute atomic E-state index is 0.145. The zero-order valence-corrected chi connectivity index (χ0v) is 14.9. The Morgan fingerprint density at radius 2 is 1.91 bits per heavy atom. The molecule has 6 nitrogen and oxygen atoms in total. The van der Waals surface area contributed by atoms with E-state index in [1.54, 1.807) is 7.11 Å². The van der Waals surface area contributed by atoms with E-state index in [0.717, 1.165) is 23.8 Å². The number of carbonyl (C=O) groups excluding carboxylic acids is 1. The quantitative estimate of drug-likeness (QED) is 0.650. The first-order chi connectivity index (χ1) is 10.8. The van der Waals surface area contributed by atoms with Crippen LogP contribution in [0.5, 0.6) is 0 Å². The van der Waals surface area contributed by atoms with E-state index in [2.05, 4.69) is 5.32 Å². The van der Waals surface area contributed by atoms with E-state index in [4.69, 9.17) is 4.74 Å². The highest BCUT2D eigenvalue weighted by molar-refractivity contribution is 7.88. The third-order valence-corrected chi connectivity index (χ3v) is 4.63. The fraction of sp³-hybridized carbons (Fsp3) is 0.562. The van der Waals surface area contributed by atoms with E-state index in [1.807, 2.05) is 31.2 Å². The van der Waals surface area contributed by atoms with Crippen LogP contribution in [0.3, 0.4) is 0 Å². The molecule has 1 aromatic rings. The second-order valence-corrected chi connectivity index (χ2v) is 7.51. The number of aryl methyl sites for hydroxylation is 1. The second-order valence-electron chi connectivity index (χ2n) is 5.53. The largest absolute Gasteiger partial charge is 0.385 e. The Labute approximate surface area is 138 Å². The Morgan fingerprint density at radius 1 is 1.26 bits per heavy atom. The maximum absolute atomic E-state index is 11.9. The molecule has 0 aromatic heterocycles. The van der Waals surface area contributed by atoms with E-state index in [0.29, 0.717) is 13.2 Å². The van der Waals surface area contributed by atoms with E-state index in [1.165, 1.54) is 4.31 Å². The second kappa shape index (κ2) is 9.64. The summed E-state index contributed by atoms with van der Waals surface area (Å²) in [5, 5.41) is 2.76. The summed E-state index contributed by atoms with van der Waals surface area (Å²) in [5.74, 6) is -0.154. The Balaban J connectivity index is 2.52. The number of ether oxygens (including phenoxy) is 1. The van der Waals surface area contributed by atoms with Crippen LogP contribution in [-0.4, -0.2) is 51.7 Å². The number of carbonyl (C=O) groups is 1. The van der Waals surface area contributed by atoms with Gasteiger partial charge in [-0.25, -0.2) is 8.42 Å². The highest BCUT2D eigenvalue weighted by Gasteiger charge is 2.18. The van der Waals surface area contributed by atoms with Gasteiger partial charge in [0.1, 0.15) is 0 Å². The summed E-state index contributed by atoms with van der Waals surface area (Å²) in [5.41, 5.74) is 2.02. The van der Waals surface area contributed by atoms with Gasteiger partial charge in [0.15, 0.2) is 0 Å². The number of rotatable bonds is 10. The van der Waals surface area contributed by atoms with Crippen LogP contribution in [0.4, 0.5) is 0 Å². The summed E-state index contributed by atoms with van der Waals surface area (Å²) >= 11 is 0. The molecule has 1 amide bonds. The van der Waals surface area contributed by atoms with E-state index in [-0.39, 0.29) is 25.4 Å². The SMILES string of the molecule is COCCCNC(=O)CCN(Cc1ccc(C)cc1)S(C)(=O)=O. The van der Waals surface area contributed by atoms with Crippen LogP contribution in [-0.2, 0) is 26.1 Å². The molecule has 1 rings (SSSR count). The molecule has 1 N–H and O–H groups in total. The normalized spacial score (nSPS) is 11.7. The van der Waals surface area contributed by atoms with Gasteiger partial charge in [-0.3, -0.25) is 4.79 Å². The first-order valence-corrected chi connectivity index (χ1v) is 9.44. The molecule has 0 aliphatic heterocycles. The molecular formula is C16H26N2O4S. The molecule has 23 heavy (non-hydrogen) atoms. The zero-order valence-electron chi connectivity index (χ0n) is 14.0. The number of amides is 1. The molecule has 0 atom stereocenters. The molecule has 7 heteroatoms. The number of hydrogen-bond donors (Lipinski definition) is 1. The first kappa shape index (κ1) is 19.6. The lowest BCUT2D eigenvalue weighted by Crippen LogP contribution is -2.34. The molecule has 0 heterocycles. The monoisotopic (exact) mass is 342 g/mol. The van der Waals surface area contributed by atoms with Crippen molar-refractivity contribution in [3.8, 4) is 0 Å². The van der Waals surface area contributed by atoms with Gasteiger partial charge in [-0.05, 0) is 18.9 Å². The molecule has 0 aliphatic carbocycles. The Morgan fingerprint density at radius 3 is 2.48 bits per heavy atom. The van der Waals surface area contributed by atoms with Gasteiger partial charge in [-0.1, -0.05) is 29.8 Å². The Bertz CT molecular complexity index is 585. The third-order valence-electron chi connectivity index (χ3n) is 3.38. The van der Waals surface area contributed by atoms with Gasteiger partial charge in [0.05, 0.1) is 6.26 Å². The van der Waals surface area contributed by atoms with Gasteiger partial charge in [-0.2, -0.15) is 4.31 Å². The molecule has 1 aromatic carbocycles. The summed E-state index contributed by atoms with van der Waals surface area (Å²) in [6.45, 7) is 3.54. The highest BCUT2D eigenvalue weighted by atomic mass is 32.2. The predicted octanol–water partition coefficient (Wildman–Crippen LogP) is 1.30. The van der Waals surface area contributed by atoms with Crippen LogP contribution in [0.2, 0.25) is 0 Å². The van der Waals surface area contributed by atoms with Crippen LogP contribution in [0.15, 0.2) is 24.3 Å². The average molecular weight is 342 g/mol. The maximum Gasteiger partial charge on any atom is 0.221 e. The summed E-state index contributed by atoms with van der Waals surface area (Å²) < 4.78 is 30.0. The molecule has 0 bridgehead atoms. The zero-order chi connectivity index (χ0) is 17.3. The maximum atomic E-state index is 11.9. The number of nitrogens with zero attached hydrogens (tertiary/aromatic N) is 1. The van der Waals surface area contributed by atoms with Gasteiger partial charge < -0.3 is 10.1 Å². The van der Waals surface area contributed by atoms with E-state index in [9.17, 15) is 13.2 Å². The van der Waals surface area contributed by atoms with Crippen molar-refractivity contribution in [2.45, 2.75) is 26.3 Å². The standard InChI is InChI=1S/C16H26N2O4S/c1-14-5-7-15(8-6-14)13-18(23(3,20)21)11-9-16(19)17-10-4-12-22-2/h5-8H,4,9-13H2,1-3H3,(H,17,19). The van der Waals surface area contributed by atoms with Crippen molar-refractivity contribution in [3.05, 3.63) is 35.4 Å². The fourth-order valence-corrected chi connectivity index (χ4v) is 2.82. The van der Waals surface area contributed by atoms with Crippen molar-refractivity contribution in [2.75, 3.05) is 33.1 Å². The summed E-state index contributed by atoms with van der Waals surface area (Å²) in [6, 6.07) is 7.69. The molecule has 0 unspecified atom stereocenters. The first-order valence-electron chi connectivity index (χ1n) is 7.59. The summed E-state index contributed by atoms with van der Waals surface area (Å²) in [4.78, 5) is 11.8. The van der Waals surface area contributed by atoms with Crippen molar-refractivity contribution in [1.82, 2.24) is 9.62 Å². The van der Waals surface area contributed by atoms with Crippen LogP contribution in [0.1, 0.15) is 24.0 Å². The smallest absolute Gasteiger partial charge is 0.221 e. The van der Waals surface area contributed by atoms with Crippen molar-refractivity contribution < 1.29 is 17.9 Å². The molecule has 0 saturated heterocycles. The minimum atomic E-state index is -3.36. The number of sulfonamides is 1. The van der Waals surface area contributed by atoms with Gasteiger partial charge >= 0.3 is 0 Å². The fourth-order valence-electron chi connectivity index (χ4n) is 2.02. The lowest BCUT2D eigenvalue weighted by Gasteiger charge is -2.20. The molecule has 0 radical (unpaired) electrons. The molecule has 0 aliphatic rings. The lowest BCUT2D eigenvalue weighted by molar-refractivity contribution is -0.121. The summed E-state index contributed by atoms with van der Waals surface area (Å²) in [6.07, 6.45) is 2.05. The number of hydrogen-bond acceptors (Lipinski definition) is 4. The Kier molecular flexibility index (Phi) is 8.22. The molecular weight excluding hydrogens is 316 g/mol. The van der Waals surface area contributed by atoms with E-state index >= 15 is 0 Å². The molecule has 130 valence electrons. The average Bonchev–Trinajstić information content (AvgIpc) is 2.48. The predicted molar refractivity (Wildman–Crippen MR) is 90.6 cm³/mol. The minimum Gasteiger partial charge on any atom is -0.385 e. The van der Waals surface area contributed by atoms with Crippen LogP contribution in [0.25, 0.3) is 0 Å². The van der Waals surface area contributed by atoms with Gasteiger partial charge in [0, 0.05) is 39.8 Å². The number of methoxy groups -OCH3 is 1. The van der Waals surface area contributed by atoms with Crippen molar-refractivity contribution in [2.24, 2.45) is 0 Å². The lowest BCUT2D eigenvalue weighted by atomic mass is 10.1. The van der Waals surface area contributed by atoms with Gasteiger partial charge in [0.2, 0.25) is 15.9 Å². The topological polar surface area (TPSA) is 75.7 Å². The van der Waals surface area contributed by atoms with Gasteiger partial charge in [-0.15, -0.1) is 0 Å². The van der Waals surface area contributed by atoms with Crippen LogP contribution >= 0.6 is 0 Å². The van der Waals surface area contributed by atoms with E-state index < -0.39 is 10.0 Å². The van der Waals surface area contributed by atoms with Crippen molar-refractivity contribution in [3.63, 3.8) is 0 Å². The number of nitrogens with one attached hydrogen (secondary N) is 1. The van der Waals surface area contributed by atoms with Gasteiger partial charge in [0.25, 0.3) is 0 Å². The third kappa shape index (κ3) is 8.11. The van der Waals surface area contributed by atoms with Crippen molar-refractivity contribution >= 4 is 15.9 Å². The molecule has 0 fully saturated rings. The Hall–Kier alpha value is -1.44. The van der Waals surface area contributed by atoms with Crippen LogP contribution < -0.4 is 5.32 Å². The number of benzene rings is 1. The molecule has 0 spiro atoms. The van der Waals surface area contributed by atoms with Crippen molar-refractivity contribution in [1.29, 1.82) is 0 Å². The highest BCUT2D eigenvalue weighted by Crippen LogP contribution is 2.10. The van der Waals surface area contributed by atoms with Crippen LogP contribution in [0, 0.1) is 6.92 Å². The summed E-state index contributed by atoms with van der Waals surface area (Å²) in [7, 11) is -1.76. The molecule has 0 saturated carbocycles.